The second kappa shape index (κ2) is 10.5. The number of likely N-dealkylation sites (N-methyl/N-ethyl adjacent to an activating group) is 2. The summed E-state index contributed by atoms with van der Waals surface area (Å²) in [6.45, 7) is 8.03. The summed E-state index contributed by atoms with van der Waals surface area (Å²) in [6, 6.07) is 21.3. The Hall–Kier alpha value is -3.88. The van der Waals surface area contributed by atoms with Gasteiger partial charge in [0.25, 0.3) is 0 Å². The van der Waals surface area contributed by atoms with Crippen molar-refractivity contribution in [2.45, 2.75) is 13.3 Å². The maximum Gasteiger partial charge on any atom is 0.138 e. The quantitative estimate of drug-likeness (QED) is 0.290. The second-order valence-corrected chi connectivity index (χ2v) is 10.1. The molecule has 0 unspecified atom stereocenters. The van der Waals surface area contributed by atoms with Gasteiger partial charge < -0.3 is 29.8 Å². The summed E-state index contributed by atoms with van der Waals surface area (Å²) in [5, 5.41) is 9.28. The van der Waals surface area contributed by atoms with Crippen LogP contribution >= 0.6 is 0 Å². The lowest BCUT2D eigenvalue weighted by atomic mass is 10.1. The van der Waals surface area contributed by atoms with Gasteiger partial charge in [0.1, 0.15) is 11.6 Å². The van der Waals surface area contributed by atoms with Gasteiger partial charge in [-0.05, 0) is 68.1 Å². The predicted molar refractivity (Wildman–Crippen MR) is 155 cm³/mol. The third-order valence-corrected chi connectivity index (χ3v) is 7.57. The number of aliphatic hydroxyl groups is 1. The maximum absolute atomic E-state index is 9.28. The van der Waals surface area contributed by atoms with Crippen LogP contribution in [0.15, 0.2) is 60.7 Å². The van der Waals surface area contributed by atoms with Gasteiger partial charge in [-0.2, -0.15) is 0 Å². The van der Waals surface area contributed by atoms with Gasteiger partial charge in [0.15, 0.2) is 0 Å². The van der Waals surface area contributed by atoms with E-state index in [0.29, 0.717) is 6.54 Å². The van der Waals surface area contributed by atoms with Crippen LogP contribution in [0.1, 0.15) is 18.3 Å². The van der Waals surface area contributed by atoms with E-state index < -0.39 is 0 Å². The van der Waals surface area contributed by atoms with Gasteiger partial charge in [-0.3, -0.25) is 0 Å². The molecule has 38 heavy (non-hydrogen) atoms. The third-order valence-electron chi connectivity index (χ3n) is 7.57. The zero-order valence-corrected chi connectivity index (χ0v) is 22.1. The molecule has 3 aromatic carbocycles. The van der Waals surface area contributed by atoms with Gasteiger partial charge in [0, 0.05) is 62.6 Å². The van der Waals surface area contributed by atoms with Crippen molar-refractivity contribution in [1.29, 1.82) is 0 Å². The molecule has 8 nitrogen and oxygen atoms in total. The van der Waals surface area contributed by atoms with Crippen LogP contribution in [0.25, 0.3) is 33.5 Å². The number of benzene rings is 3. The van der Waals surface area contributed by atoms with E-state index in [-0.39, 0.29) is 6.61 Å². The van der Waals surface area contributed by atoms with Crippen LogP contribution < -0.4 is 9.80 Å². The van der Waals surface area contributed by atoms with E-state index in [1.807, 2.05) is 0 Å². The summed E-state index contributed by atoms with van der Waals surface area (Å²) in [5.74, 6) is 1.80. The molecule has 0 aliphatic carbocycles. The fourth-order valence-electron chi connectivity index (χ4n) is 5.29. The second-order valence-electron chi connectivity index (χ2n) is 10.1. The summed E-state index contributed by atoms with van der Waals surface area (Å²) < 4.78 is 0. The highest BCUT2D eigenvalue weighted by atomic mass is 16.3. The molecule has 0 amide bonds. The molecule has 5 aromatic rings. The molecule has 0 saturated carbocycles. The summed E-state index contributed by atoms with van der Waals surface area (Å²) in [7, 11) is 2.18. The molecule has 3 N–H and O–H groups in total. The van der Waals surface area contributed by atoms with E-state index in [0.717, 1.165) is 84.1 Å². The highest BCUT2D eigenvalue weighted by Crippen LogP contribution is 2.27. The minimum atomic E-state index is 0.155. The molecule has 6 rings (SSSR count). The highest BCUT2D eigenvalue weighted by molar-refractivity contribution is 5.85. The van der Waals surface area contributed by atoms with E-state index in [4.69, 9.17) is 9.97 Å². The fraction of sp³-hybridized carbons (Fsp3) is 0.333. The Morgan fingerprint density at radius 3 is 2.37 bits per heavy atom. The van der Waals surface area contributed by atoms with E-state index in [1.54, 1.807) is 0 Å². The van der Waals surface area contributed by atoms with Gasteiger partial charge in [-0.15, -0.1) is 0 Å². The van der Waals surface area contributed by atoms with E-state index in [2.05, 4.69) is 99.3 Å². The first kappa shape index (κ1) is 24.5. The first-order valence-electron chi connectivity index (χ1n) is 13.5. The number of aromatic amines is 2. The molecule has 1 saturated heterocycles. The molecule has 3 heterocycles. The largest absolute Gasteiger partial charge is 0.395 e. The van der Waals surface area contributed by atoms with E-state index >= 15 is 0 Å². The van der Waals surface area contributed by atoms with Crippen molar-refractivity contribution in [1.82, 2.24) is 24.8 Å². The molecule has 0 atom stereocenters. The minimum absolute atomic E-state index is 0.155. The number of rotatable bonds is 8. The summed E-state index contributed by atoms with van der Waals surface area (Å²) in [4.78, 5) is 23.7. The van der Waals surface area contributed by atoms with Crippen molar-refractivity contribution in [2.75, 3.05) is 62.7 Å². The van der Waals surface area contributed by atoms with Gasteiger partial charge in [-0.25, -0.2) is 9.97 Å². The topological polar surface area (TPSA) is 87.3 Å². The van der Waals surface area contributed by atoms with Gasteiger partial charge in [-0.1, -0.05) is 12.1 Å². The van der Waals surface area contributed by atoms with Gasteiger partial charge in [0.05, 0.1) is 28.7 Å². The number of fused-ring (bicyclic) bond motifs is 2. The predicted octanol–water partition coefficient (Wildman–Crippen LogP) is 4.27. The lowest BCUT2D eigenvalue weighted by Crippen LogP contribution is -2.44. The molecule has 8 heteroatoms. The average Bonchev–Trinajstić information content (AvgIpc) is 3.55. The highest BCUT2D eigenvalue weighted by Gasteiger charge is 2.16. The number of aromatic nitrogens is 4. The first-order valence-corrected chi connectivity index (χ1v) is 13.5. The Labute approximate surface area is 222 Å². The number of aliphatic hydroxyl groups excluding tert-OH is 1. The zero-order chi connectivity index (χ0) is 26.1. The minimum Gasteiger partial charge on any atom is -0.395 e. The molecule has 1 aliphatic heterocycles. The van der Waals surface area contributed by atoms with E-state index in [9.17, 15) is 5.11 Å². The van der Waals surface area contributed by atoms with Crippen molar-refractivity contribution < 1.29 is 5.11 Å². The number of hydrogen-bond donors (Lipinski definition) is 3. The van der Waals surface area contributed by atoms with Crippen LogP contribution in [0.2, 0.25) is 0 Å². The molecular weight excluding hydrogens is 474 g/mol. The standard InChI is InChI=1S/C30H35N7O/c1-3-36(16-17-38)23-7-4-21(5-8-23)18-29-31-25-10-6-22(19-27(25)32-29)30-33-26-11-9-24(20-28(26)34-30)37-14-12-35(2)13-15-37/h4-11,19-20,38H,3,12-18H2,1-2H3,(H,31,32)(H,33,34). The molecule has 0 spiro atoms. The summed E-state index contributed by atoms with van der Waals surface area (Å²) in [5.41, 5.74) is 8.58. The van der Waals surface area contributed by atoms with Crippen LogP contribution in [-0.4, -0.2) is 82.9 Å². The Kier molecular flexibility index (Phi) is 6.74. The molecular formula is C30H35N7O. The number of nitrogens with zero attached hydrogens (tertiary/aromatic N) is 5. The smallest absolute Gasteiger partial charge is 0.138 e. The van der Waals surface area contributed by atoms with Crippen molar-refractivity contribution >= 4 is 33.4 Å². The number of anilines is 2. The van der Waals surface area contributed by atoms with Crippen LogP contribution in [0.5, 0.6) is 0 Å². The molecule has 2 aromatic heterocycles. The maximum atomic E-state index is 9.28. The van der Waals surface area contributed by atoms with Gasteiger partial charge >= 0.3 is 0 Å². The van der Waals surface area contributed by atoms with Crippen LogP contribution in [0.4, 0.5) is 11.4 Å². The molecule has 1 fully saturated rings. The molecule has 0 radical (unpaired) electrons. The van der Waals surface area contributed by atoms with E-state index in [1.165, 1.54) is 11.3 Å². The Morgan fingerprint density at radius 1 is 0.868 bits per heavy atom. The fourth-order valence-corrected chi connectivity index (χ4v) is 5.29. The molecule has 196 valence electrons. The number of piperazine rings is 1. The van der Waals surface area contributed by atoms with Crippen LogP contribution in [-0.2, 0) is 6.42 Å². The molecule has 0 bridgehead atoms. The number of imidazole rings is 2. The Balaban J connectivity index is 1.20. The van der Waals surface area contributed by atoms with Crippen LogP contribution in [0.3, 0.4) is 0 Å². The Bertz CT molecular complexity index is 1530. The number of nitrogens with one attached hydrogen (secondary N) is 2. The average molecular weight is 510 g/mol. The van der Waals surface area contributed by atoms with Crippen LogP contribution in [0, 0.1) is 0 Å². The van der Waals surface area contributed by atoms with Gasteiger partial charge in [0.2, 0.25) is 0 Å². The number of H-pyrrole nitrogens is 2. The summed E-state index contributed by atoms with van der Waals surface area (Å²) >= 11 is 0. The van der Waals surface area contributed by atoms with Crippen molar-refractivity contribution in [3.05, 3.63) is 72.1 Å². The lowest BCUT2D eigenvalue weighted by molar-refractivity contribution is 0.302. The SMILES string of the molecule is CCN(CCO)c1ccc(Cc2nc3cc(-c4nc5cc(N6CCN(C)CC6)ccc5[nH]4)ccc3[nH]2)cc1. The monoisotopic (exact) mass is 509 g/mol. The normalized spacial score (nSPS) is 14.6. The molecule has 1 aliphatic rings. The first-order chi connectivity index (χ1) is 18.6. The lowest BCUT2D eigenvalue weighted by Gasteiger charge is -2.34. The van der Waals surface area contributed by atoms with Crippen molar-refractivity contribution in [3.8, 4) is 11.4 Å². The van der Waals surface area contributed by atoms with Crippen molar-refractivity contribution in [3.63, 3.8) is 0 Å². The zero-order valence-electron chi connectivity index (χ0n) is 22.1. The summed E-state index contributed by atoms with van der Waals surface area (Å²) in [6.07, 6.45) is 0.732. The number of hydrogen-bond acceptors (Lipinski definition) is 6. The van der Waals surface area contributed by atoms with Crippen molar-refractivity contribution in [2.24, 2.45) is 0 Å². The Morgan fingerprint density at radius 2 is 1.61 bits per heavy atom. The third kappa shape index (κ3) is 4.97.